The van der Waals surface area contributed by atoms with Crippen molar-refractivity contribution in [3.05, 3.63) is 41.6 Å². The molecule has 2 rings (SSSR count). The molecule has 1 aliphatic rings. The maximum Gasteiger partial charge on any atom is 0.126 e. The fourth-order valence-electron chi connectivity index (χ4n) is 1.08. The molecule has 0 heterocycles. The molecule has 51 valence electrons. The average molecular weight is 135 g/mol. The van der Waals surface area contributed by atoms with Crippen molar-refractivity contribution in [3.63, 3.8) is 0 Å². The van der Waals surface area contributed by atoms with Crippen LogP contribution in [0, 0.1) is 11.7 Å². The first kappa shape index (κ1) is 5.90. The summed E-state index contributed by atoms with van der Waals surface area (Å²) in [6.07, 6.45) is 2.17. The third kappa shape index (κ3) is 0.919. The lowest BCUT2D eigenvalue weighted by Crippen LogP contribution is -1.84. The van der Waals surface area contributed by atoms with Crippen LogP contribution in [0.3, 0.4) is 0 Å². The molecule has 1 fully saturated rings. The second-order valence-electron chi connectivity index (χ2n) is 2.58. The average Bonchev–Trinajstić information content (AvgIpc) is 2.71. The van der Waals surface area contributed by atoms with Crippen molar-refractivity contribution >= 4 is 0 Å². The minimum Gasteiger partial charge on any atom is -0.207 e. The van der Waals surface area contributed by atoms with Gasteiger partial charge in [-0.3, -0.25) is 0 Å². The Hall–Kier alpha value is -0.850. The summed E-state index contributed by atoms with van der Waals surface area (Å²) in [4.78, 5) is 0. The normalized spacial score (nSPS) is 17.3. The van der Waals surface area contributed by atoms with Gasteiger partial charge in [-0.15, -0.1) is 0 Å². The van der Waals surface area contributed by atoms with Crippen LogP contribution in [0.4, 0.5) is 4.39 Å². The molecular formula is C9H8F. The van der Waals surface area contributed by atoms with Crippen molar-refractivity contribution in [3.8, 4) is 0 Å². The van der Waals surface area contributed by atoms with Gasteiger partial charge in [0.15, 0.2) is 0 Å². The zero-order valence-corrected chi connectivity index (χ0v) is 5.60. The zero-order valence-electron chi connectivity index (χ0n) is 5.60. The van der Waals surface area contributed by atoms with E-state index in [1.165, 1.54) is 12.0 Å². The molecule has 0 aliphatic heterocycles. The van der Waals surface area contributed by atoms with Crippen molar-refractivity contribution in [2.75, 3.05) is 0 Å². The van der Waals surface area contributed by atoms with Gasteiger partial charge in [0.05, 0.1) is 0 Å². The molecular weight excluding hydrogens is 127 g/mol. The summed E-state index contributed by atoms with van der Waals surface area (Å²) in [7, 11) is 0. The third-order valence-electron chi connectivity index (χ3n) is 1.75. The van der Waals surface area contributed by atoms with E-state index in [1.807, 2.05) is 12.1 Å². The molecule has 0 N–H and O–H groups in total. The van der Waals surface area contributed by atoms with E-state index in [9.17, 15) is 4.39 Å². The first-order chi connectivity index (χ1) is 4.88. The van der Waals surface area contributed by atoms with Crippen molar-refractivity contribution in [1.82, 2.24) is 0 Å². The van der Waals surface area contributed by atoms with E-state index in [0.29, 0.717) is 0 Å². The first-order valence-corrected chi connectivity index (χ1v) is 3.47. The highest BCUT2D eigenvalue weighted by molar-refractivity contribution is 5.38. The third-order valence-corrected chi connectivity index (χ3v) is 1.75. The molecule has 0 aromatic heterocycles. The van der Waals surface area contributed by atoms with Gasteiger partial charge in [0.1, 0.15) is 5.82 Å². The summed E-state index contributed by atoms with van der Waals surface area (Å²) in [5.74, 6) is 1.19. The maximum atomic E-state index is 12.9. The number of benzene rings is 1. The van der Waals surface area contributed by atoms with Gasteiger partial charge >= 0.3 is 0 Å². The standard InChI is InChI=1S/C9H8F/c10-9-4-2-1-3-8(9)7-5-6-7/h1-4H,5-6H2. The van der Waals surface area contributed by atoms with E-state index < -0.39 is 0 Å². The van der Waals surface area contributed by atoms with Gasteiger partial charge in [-0.25, -0.2) is 4.39 Å². The first-order valence-electron chi connectivity index (χ1n) is 3.47. The summed E-state index contributed by atoms with van der Waals surface area (Å²) in [5, 5.41) is 0. The molecule has 10 heavy (non-hydrogen) atoms. The lowest BCUT2D eigenvalue weighted by atomic mass is 10.1. The highest BCUT2D eigenvalue weighted by atomic mass is 19.1. The Kier molecular flexibility index (Phi) is 1.23. The van der Waals surface area contributed by atoms with Crippen molar-refractivity contribution in [1.29, 1.82) is 0 Å². The Morgan fingerprint density at radius 1 is 1.10 bits per heavy atom. The number of rotatable bonds is 1. The molecule has 0 atom stereocenters. The van der Waals surface area contributed by atoms with E-state index in [2.05, 4.69) is 0 Å². The van der Waals surface area contributed by atoms with Crippen LogP contribution >= 0.6 is 0 Å². The molecule has 1 saturated carbocycles. The van der Waals surface area contributed by atoms with Crippen molar-refractivity contribution < 1.29 is 4.39 Å². The lowest BCUT2D eigenvalue weighted by molar-refractivity contribution is 0.619. The summed E-state index contributed by atoms with van der Waals surface area (Å²) in [5.41, 5.74) is 0.822. The van der Waals surface area contributed by atoms with E-state index in [0.717, 1.165) is 18.4 Å². The van der Waals surface area contributed by atoms with Crippen LogP contribution in [-0.4, -0.2) is 0 Å². The Bertz CT molecular complexity index is 238. The largest absolute Gasteiger partial charge is 0.207 e. The summed E-state index contributed by atoms with van der Waals surface area (Å²) >= 11 is 0. The second-order valence-corrected chi connectivity index (χ2v) is 2.58. The van der Waals surface area contributed by atoms with Crippen LogP contribution in [0.5, 0.6) is 0 Å². The predicted octanol–water partition coefficient (Wildman–Crippen LogP) is 2.54. The Balaban J connectivity index is 2.39. The highest BCUT2D eigenvalue weighted by Gasteiger charge is 2.26. The summed E-state index contributed by atoms with van der Waals surface area (Å²) < 4.78 is 12.9. The Morgan fingerprint density at radius 2 is 1.80 bits per heavy atom. The van der Waals surface area contributed by atoms with Crippen LogP contribution in [0.25, 0.3) is 0 Å². The monoisotopic (exact) mass is 135 g/mol. The Morgan fingerprint density at radius 3 is 2.40 bits per heavy atom. The van der Waals surface area contributed by atoms with E-state index in [4.69, 9.17) is 0 Å². The molecule has 0 saturated heterocycles. The van der Waals surface area contributed by atoms with Gasteiger partial charge in [0, 0.05) is 5.92 Å². The maximum absolute atomic E-state index is 12.9. The summed E-state index contributed by atoms with van der Waals surface area (Å²) in [6, 6.07) is 6.96. The van der Waals surface area contributed by atoms with Gasteiger partial charge < -0.3 is 0 Å². The van der Waals surface area contributed by atoms with Gasteiger partial charge in [-0.2, -0.15) is 0 Å². The van der Waals surface area contributed by atoms with E-state index >= 15 is 0 Å². The molecule has 1 heteroatoms. The molecule has 0 amide bonds. The minimum atomic E-state index is -0.0741. The van der Waals surface area contributed by atoms with Crippen LogP contribution < -0.4 is 0 Å². The topological polar surface area (TPSA) is 0 Å². The second kappa shape index (κ2) is 2.08. The fraction of sp³-hybridized carbons (Fsp3) is 0.222. The van der Waals surface area contributed by atoms with Crippen molar-refractivity contribution in [2.24, 2.45) is 0 Å². The SMILES string of the molecule is Fc1ccccc1[C]1CC1. The van der Waals surface area contributed by atoms with Crippen molar-refractivity contribution in [2.45, 2.75) is 12.8 Å². The molecule has 1 aromatic rings. The van der Waals surface area contributed by atoms with Crippen LogP contribution in [0.15, 0.2) is 24.3 Å². The molecule has 0 unspecified atom stereocenters. The van der Waals surface area contributed by atoms with Gasteiger partial charge in [-0.05, 0) is 24.5 Å². The smallest absolute Gasteiger partial charge is 0.126 e. The number of halogens is 1. The highest BCUT2D eigenvalue weighted by Crippen LogP contribution is 2.39. The zero-order chi connectivity index (χ0) is 6.97. The Labute approximate surface area is 59.7 Å². The van der Waals surface area contributed by atoms with Crippen LogP contribution in [0.2, 0.25) is 0 Å². The van der Waals surface area contributed by atoms with E-state index in [-0.39, 0.29) is 5.82 Å². The van der Waals surface area contributed by atoms with Gasteiger partial charge in [-0.1, -0.05) is 18.2 Å². The van der Waals surface area contributed by atoms with Gasteiger partial charge in [0.25, 0.3) is 0 Å². The molecule has 1 aromatic carbocycles. The molecule has 0 bridgehead atoms. The molecule has 0 nitrogen and oxygen atoms in total. The fourth-order valence-corrected chi connectivity index (χ4v) is 1.08. The summed E-state index contributed by atoms with van der Waals surface area (Å²) in [6.45, 7) is 0. The van der Waals surface area contributed by atoms with Crippen LogP contribution in [0.1, 0.15) is 18.4 Å². The molecule has 1 aliphatic carbocycles. The van der Waals surface area contributed by atoms with E-state index in [1.54, 1.807) is 6.07 Å². The van der Waals surface area contributed by atoms with Gasteiger partial charge in [0.2, 0.25) is 0 Å². The molecule has 1 radical (unpaired) electrons. The lowest BCUT2D eigenvalue weighted by Gasteiger charge is -1.96. The predicted molar refractivity (Wildman–Crippen MR) is 38.0 cm³/mol. The van der Waals surface area contributed by atoms with Crippen LogP contribution in [-0.2, 0) is 0 Å². The number of hydrogen-bond acceptors (Lipinski definition) is 0. The minimum absolute atomic E-state index is 0.0741. The molecule has 0 spiro atoms. The number of hydrogen-bond donors (Lipinski definition) is 0. The quantitative estimate of drug-likeness (QED) is 0.555.